The monoisotopic (exact) mass is 297 g/mol. The summed E-state index contributed by atoms with van der Waals surface area (Å²) in [5.74, 6) is 0. The summed E-state index contributed by atoms with van der Waals surface area (Å²) in [5.41, 5.74) is 6.13. The summed E-state index contributed by atoms with van der Waals surface area (Å²) in [4.78, 5) is 0.307. The molecule has 0 heterocycles. The highest BCUT2D eigenvalue weighted by Gasteiger charge is 2.07. The summed E-state index contributed by atoms with van der Waals surface area (Å²) < 4.78 is 22.9. The van der Waals surface area contributed by atoms with Crippen LogP contribution in [0.3, 0.4) is 0 Å². The fourth-order valence-corrected chi connectivity index (χ4v) is 2.11. The molecule has 0 amide bonds. The number of nitrogen functional groups attached to an aromatic ring is 1. The van der Waals surface area contributed by atoms with Gasteiger partial charge < -0.3 is 5.73 Å². The molecule has 1 aromatic carbocycles. The van der Waals surface area contributed by atoms with Gasteiger partial charge >= 0.3 is 0 Å². The van der Waals surface area contributed by atoms with Gasteiger partial charge in [-0.3, -0.25) is 0 Å². The number of nitrogens with two attached hydrogens (primary N) is 1. The molecule has 0 saturated carbocycles. The Kier molecular flexibility index (Phi) is 2.62. The minimum absolute atomic E-state index is 0.307. The molecule has 0 atom stereocenters. The molecule has 0 fully saturated rings. The summed E-state index contributed by atoms with van der Waals surface area (Å²) in [6.07, 6.45) is 1.18. The largest absolute Gasteiger partial charge is 0.398 e. The van der Waals surface area contributed by atoms with E-state index in [1.54, 1.807) is 12.1 Å². The van der Waals surface area contributed by atoms with Gasteiger partial charge in [-0.1, -0.05) is 0 Å². The highest BCUT2D eigenvalue weighted by molar-refractivity contribution is 14.1. The summed E-state index contributed by atoms with van der Waals surface area (Å²) >= 11 is 2.00. The maximum absolute atomic E-state index is 11.1. The van der Waals surface area contributed by atoms with Crippen LogP contribution in [0.25, 0.3) is 0 Å². The molecular formula is C7H8INO2S. The first-order valence-electron chi connectivity index (χ1n) is 3.16. The van der Waals surface area contributed by atoms with E-state index >= 15 is 0 Å². The third-order valence-corrected chi connectivity index (χ3v) is 3.44. The molecule has 0 aliphatic rings. The third kappa shape index (κ3) is 2.10. The highest BCUT2D eigenvalue weighted by Crippen LogP contribution is 2.19. The van der Waals surface area contributed by atoms with Crippen LogP contribution in [0.5, 0.6) is 0 Å². The van der Waals surface area contributed by atoms with Gasteiger partial charge in [0, 0.05) is 15.5 Å². The van der Waals surface area contributed by atoms with Crippen molar-refractivity contribution in [3.05, 3.63) is 21.8 Å². The normalized spacial score (nSPS) is 11.5. The van der Waals surface area contributed by atoms with E-state index in [4.69, 9.17) is 5.73 Å². The van der Waals surface area contributed by atoms with Crippen molar-refractivity contribution >= 4 is 38.1 Å². The smallest absolute Gasteiger partial charge is 0.175 e. The SMILES string of the molecule is CS(=O)(=O)c1ccc(N)c(I)c1. The Labute approximate surface area is 85.0 Å². The maximum Gasteiger partial charge on any atom is 0.175 e. The zero-order chi connectivity index (χ0) is 9.35. The first kappa shape index (κ1) is 9.79. The van der Waals surface area contributed by atoms with Gasteiger partial charge in [0.1, 0.15) is 0 Å². The van der Waals surface area contributed by atoms with Crippen LogP contribution in [-0.4, -0.2) is 14.7 Å². The Bertz CT molecular complexity index is 400. The van der Waals surface area contributed by atoms with Crippen molar-refractivity contribution in [1.29, 1.82) is 0 Å². The first-order chi connectivity index (χ1) is 5.41. The van der Waals surface area contributed by atoms with Gasteiger partial charge in [-0.2, -0.15) is 0 Å². The highest BCUT2D eigenvalue weighted by atomic mass is 127. The average molecular weight is 297 g/mol. The minimum Gasteiger partial charge on any atom is -0.398 e. The molecule has 0 spiro atoms. The third-order valence-electron chi connectivity index (χ3n) is 1.40. The number of rotatable bonds is 1. The van der Waals surface area contributed by atoms with Crippen LogP contribution in [0.15, 0.2) is 23.1 Å². The van der Waals surface area contributed by atoms with Gasteiger partial charge in [0.25, 0.3) is 0 Å². The summed E-state index contributed by atoms with van der Waals surface area (Å²) in [5, 5.41) is 0. The van der Waals surface area contributed by atoms with Crippen LogP contribution < -0.4 is 5.73 Å². The standard InChI is InChI=1S/C7H8INO2S/c1-12(10,11)5-2-3-7(9)6(8)4-5/h2-4H,9H2,1H3. The van der Waals surface area contributed by atoms with Gasteiger partial charge in [-0.25, -0.2) is 8.42 Å². The molecule has 5 heteroatoms. The zero-order valence-corrected chi connectivity index (χ0v) is 9.39. The van der Waals surface area contributed by atoms with Gasteiger partial charge in [0.15, 0.2) is 9.84 Å². The first-order valence-corrected chi connectivity index (χ1v) is 6.13. The Morgan fingerprint density at radius 3 is 2.42 bits per heavy atom. The van der Waals surface area contributed by atoms with E-state index in [1.165, 1.54) is 12.3 Å². The van der Waals surface area contributed by atoms with Gasteiger partial charge in [-0.05, 0) is 40.8 Å². The number of benzene rings is 1. The molecular weight excluding hydrogens is 289 g/mol. The quantitative estimate of drug-likeness (QED) is 0.627. The molecule has 0 aliphatic heterocycles. The van der Waals surface area contributed by atoms with Crippen molar-refractivity contribution < 1.29 is 8.42 Å². The molecule has 2 N–H and O–H groups in total. The molecule has 66 valence electrons. The number of hydrogen-bond acceptors (Lipinski definition) is 3. The Morgan fingerprint density at radius 2 is 2.00 bits per heavy atom. The Balaban J connectivity index is 3.33. The minimum atomic E-state index is -3.10. The molecule has 1 aromatic rings. The summed E-state index contributed by atoms with van der Waals surface area (Å²) in [7, 11) is -3.10. The van der Waals surface area contributed by atoms with Crippen molar-refractivity contribution in [1.82, 2.24) is 0 Å². The lowest BCUT2D eigenvalue weighted by molar-refractivity contribution is 0.602. The van der Waals surface area contributed by atoms with Gasteiger partial charge in [0.05, 0.1) is 4.90 Å². The van der Waals surface area contributed by atoms with Crippen LogP contribution in [0.2, 0.25) is 0 Å². The van der Waals surface area contributed by atoms with Crippen molar-refractivity contribution in [3.8, 4) is 0 Å². The van der Waals surface area contributed by atoms with Crippen LogP contribution >= 0.6 is 22.6 Å². The second-order valence-corrected chi connectivity index (χ2v) is 5.63. The number of halogens is 1. The number of sulfone groups is 1. The number of anilines is 1. The lowest BCUT2D eigenvalue weighted by Crippen LogP contribution is -1.98. The lowest BCUT2D eigenvalue weighted by atomic mass is 10.3. The van der Waals surface area contributed by atoms with Crippen molar-refractivity contribution in [2.24, 2.45) is 0 Å². The van der Waals surface area contributed by atoms with E-state index in [0.29, 0.717) is 10.6 Å². The van der Waals surface area contributed by atoms with E-state index in [1.807, 2.05) is 22.6 Å². The fourth-order valence-electron chi connectivity index (χ4n) is 0.739. The average Bonchev–Trinajstić information content (AvgIpc) is 1.92. The van der Waals surface area contributed by atoms with Crippen LogP contribution in [0.1, 0.15) is 0 Å². The Morgan fingerprint density at radius 1 is 1.42 bits per heavy atom. The predicted octanol–water partition coefficient (Wildman–Crippen LogP) is 1.28. The molecule has 1 rings (SSSR count). The molecule has 0 saturated heterocycles. The lowest BCUT2D eigenvalue weighted by Gasteiger charge is -2.00. The summed E-state index contributed by atoms with van der Waals surface area (Å²) in [6.45, 7) is 0. The molecule has 0 aromatic heterocycles. The molecule has 0 radical (unpaired) electrons. The van der Waals surface area contributed by atoms with Crippen LogP contribution in [-0.2, 0) is 9.84 Å². The van der Waals surface area contributed by atoms with E-state index in [2.05, 4.69) is 0 Å². The molecule has 0 bridgehead atoms. The molecule has 3 nitrogen and oxygen atoms in total. The van der Waals surface area contributed by atoms with Gasteiger partial charge in [0.2, 0.25) is 0 Å². The fraction of sp³-hybridized carbons (Fsp3) is 0.143. The van der Waals surface area contributed by atoms with E-state index in [0.717, 1.165) is 3.57 Å². The predicted molar refractivity (Wildman–Crippen MR) is 56.7 cm³/mol. The Hall–Kier alpha value is -0.300. The van der Waals surface area contributed by atoms with Crippen LogP contribution in [0.4, 0.5) is 5.69 Å². The second kappa shape index (κ2) is 3.21. The zero-order valence-electron chi connectivity index (χ0n) is 6.41. The second-order valence-electron chi connectivity index (χ2n) is 2.46. The van der Waals surface area contributed by atoms with Crippen molar-refractivity contribution in [3.63, 3.8) is 0 Å². The summed E-state index contributed by atoms with van der Waals surface area (Å²) in [6, 6.07) is 4.66. The van der Waals surface area contributed by atoms with E-state index in [-0.39, 0.29) is 0 Å². The van der Waals surface area contributed by atoms with Gasteiger partial charge in [-0.15, -0.1) is 0 Å². The van der Waals surface area contributed by atoms with E-state index < -0.39 is 9.84 Å². The van der Waals surface area contributed by atoms with Crippen LogP contribution in [0, 0.1) is 3.57 Å². The van der Waals surface area contributed by atoms with E-state index in [9.17, 15) is 8.42 Å². The topological polar surface area (TPSA) is 60.2 Å². The number of hydrogen-bond donors (Lipinski definition) is 1. The molecule has 12 heavy (non-hydrogen) atoms. The molecule has 0 aliphatic carbocycles. The maximum atomic E-state index is 11.1. The van der Waals surface area contributed by atoms with Crippen molar-refractivity contribution in [2.45, 2.75) is 4.90 Å². The molecule has 0 unspecified atom stereocenters. The van der Waals surface area contributed by atoms with Crippen molar-refractivity contribution in [2.75, 3.05) is 12.0 Å².